The first-order valence-corrected chi connectivity index (χ1v) is 5.26. The lowest BCUT2D eigenvalue weighted by atomic mass is 10.2. The van der Waals surface area contributed by atoms with Crippen molar-refractivity contribution in [2.75, 3.05) is 18.5 Å². The molecule has 1 aliphatic rings. The third kappa shape index (κ3) is 2.12. The summed E-state index contributed by atoms with van der Waals surface area (Å²) < 4.78 is 0. The van der Waals surface area contributed by atoms with Gasteiger partial charge < -0.3 is 10.2 Å². The smallest absolute Gasteiger partial charge is 0.234 e. The summed E-state index contributed by atoms with van der Waals surface area (Å²) >= 11 is 0. The molecule has 1 aliphatic heterocycles. The average Bonchev–Trinajstić information content (AvgIpc) is 2.59. The SMILES string of the molecule is CNCc1cccc(N2CC(=O)CC2=O)c1. The normalized spacial score (nSPS) is 15.9. The molecular weight excluding hydrogens is 204 g/mol. The van der Waals surface area contributed by atoms with Crippen molar-refractivity contribution >= 4 is 17.4 Å². The van der Waals surface area contributed by atoms with Gasteiger partial charge in [0.25, 0.3) is 0 Å². The van der Waals surface area contributed by atoms with Gasteiger partial charge in [0.1, 0.15) is 0 Å². The van der Waals surface area contributed by atoms with Gasteiger partial charge in [-0.3, -0.25) is 9.59 Å². The molecule has 1 aromatic rings. The van der Waals surface area contributed by atoms with E-state index in [0.29, 0.717) is 0 Å². The van der Waals surface area contributed by atoms with Crippen molar-refractivity contribution < 1.29 is 9.59 Å². The Morgan fingerprint density at radius 2 is 2.19 bits per heavy atom. The summed E-state index contributed by atoms with van der Waals surface area (Å²) in [4.78, 5) is 24.3. The van der Waals surface area contributed by atoms with Gasteiger partial charge in [-0.05, 0) is 24.7 Å². The van der Waals surface area contributed by atoms with E-state index < -0.39 is 0 Å². The van der Waals surface area contributed by atoms with Gasteiger partial charge in [-0.15, -0.1) is 0 Å². The molecule has 4 heteroatoms. The van der Waals surface area contributed by atoms with E-state index in [-0.39, 0.29) is 24.7 Å². The van der Waals surface area contributed by atoms with Crippen molar-refractivity contribution in [3.63, 3.8) is 0 Å². The van der Waals surface area contributed by atoms with Gasteiger partial charge in [-0.2, -0.15) is 0 Å². The topological polar surface area (TPSA) is 49.4 Å². The molecule has 0 aromatic heterocycles. The second kappa shape index (κ2) is 4.45. The van der Waals surface area contributed by atoms with Crippen LogP contribution in [0.2, 0.25) is 0 Å². The van der Waals surface area contributed by atoms with E-state index in [1.54, 1.807) is 4.90 Å². The molecule has 0 unspecified atom stereocenters. The van der Waals surface area contributed by atoms with Gasteiger partial charge in [0, 0.05) is 12.2 Å². The summed E-state index contributed by atoms with van der Waals surface area (Å²) in [6.07, 6.45) is 0.0380. The number of nitrogens with one attached hydrogen (secondary N) is 1. The highest BCUT2D eigenvalue weighted by Gasteiger charge is 2.28. The number of carbonyl (C=O) groups excluding carboxylic acids is 2. The first kappa shape index (κ1) is 10.8. The van der Waals surface area contributed by atoms with Crippen molar-refractivity contribution in [2.45, 2.75) is 13.0 Å². The fraction of sp³-hybridized carbons (Fsp3) is 0.333. The van der Waals surface area contributed by atoms with Crippen LogP contribution in [0.1, 0.15) is 12.0 Å². The molecule has 2 rings (SSSR count). The fourth-order valence-corrected chi connectivity index (χ4v) is 1.86. The van der Waals surface area contributed by atoms with Crippen LogP contribution in [0.3, 0.4) is 0 Å². The minimum atomic E-state index is -0.105. The minimum Gasteiger partial charge on any atom is -0.316 e. The van der Waals surface area contributed by atoms with Crippen molar-refractivity contribution in [2.24, 2.45) is 0 Å². The monoisotopic (exact) mass is 218 g/mol. The van der Waals surface area contributed by atoms with Gasteiger partial charge in [0.2, 0.25) is 5.91 Å². The van der Waals surface area contributed by atoms with E-state index in [9.17, 15) is 9.59 Å². The molecular formula is C12H14N2O2. The molecule has 0 atom stereocenters. The number of anilines is 1. The fourth-order valence-electron chi connectivity index (χ4n) is 1.86. The number of nitrogens with zero attached hydrogens (tertiary/aromatic N) is 1. The Labute approximate surface area is 94.2 Å². The van der Waals surface area contributed by atoms with Gasteiger partial charge in [0.05, 0.1) is 13.0 Å². The Morgan fingerprint density at radius 3 is 2.81 bits per heavy atom. The summed E-state index contributed by atoms with van der Waals surface area (Å²) in [7, 11) is 1.87. The van der Waals surface area contributed by atoms with E-state index in [0.717, 1.165) is 17.8 Å². The lowest BCUT2D eigenvalue weighted by molar-refractivity contribution is -0.121. The maximum Gasteiger partial charge on any atom is 0.234 e. The zero-order chi connectivity index (χ0) is 11.5. The number of benzene rings is 1. The van der Waals surface area contributed by atoms with Crippen LogP contribution in [0.25, 0.3) is 0 Å². The molecule has 1 fully saturated rings. The third-order valence-corrected chi connectivity index (χ3v) is 2.59. The lowest BCUT2D eigenvalue weighted by Gasteiger charge is -2.15. The molecule has 1 amide bonds. The Hall–Kier alpha value is -1.68. The number of hydrogen-bond donors (Lipinski definition) is 1. The van der Waals surface area contributed by atoms with Crippen LogP contribution in [0, 0.1) is 0 Å². The lowest BCUT2D eigenvalue weighted by Crippen LogP contribution is -2.24. The summed E-state index contributed by atoms with van der Waals surface area (Å²) in [5.74, 6) is -0.115. The zero-order valence-corrected chi connectivity index (χ0v) is 9.19. The highest BCUT2D eigenvalue weighted by atomic mass is 16.2. The van der Waals surface area contributed by atoms with E-state index in [1.165, 1.54) is 0 Å². The second-order valence-corrected chi connectivity index (χ2v) is 3.90. The van der Waals surface area contributed by atoms with Crippen molar-refractivity contribution in [3.05, 3.63) is 29.8 Å². The quantitative estimate of drug-likeness (QED) is 0.760. The molecule has 0 saturated carbocycles. The van der Waals surface area contributed by atoms with Crippen molar-refractivity contribution in [1.29, 1.82) is 0 Å². The molecule has 1 N–H and O–H groups in total. The standard InChI is InChI=1S/C12H14N2O2/c1-13-7-9-3-2-4-10(5-9)14-8-11(15)6-12(14)16/h2-5,13H,6-8H2,1H3. The van der Waals surface area contributed by atoms with Crippen LogP contribution in [-0.2, 0) is 16.1 Å². The average molecular weight is 218 g/mol. The van der Waals surface area contributed by atoms with Crippen LogP contribution < -0.4 is 10.2 Å². The molecule has 0 aliphatic carbocycles. The second-order valence-electron chi connectivity index (χ2n) is 3.90. The predicted molar refractivity (Wildman–Crippen MR) is 61.2 cm³/mol. The number of Topliss-reactive ketones (excluding diaryl/α,β-unsaturated/α-hetero) is 1. The maximum absolute atomic E-state index is 11.5. The van der Waals surface area contributed by atoms with E-state index in [4.69, 9.17) is 0 Å². The van der Waals surface area contributed by atoms with E-state index in [2.05, 4.69) is 5.32 Å². The Bertz CT molecular complexity index is 429. The minimum absolute atomic E-state index is 0.0102. The van der Waals surface area contributed by atoms with Crippen LogP contribution in [-0.4, -0.2) is 25.3 Å². The third-order valence-electron chi connectivity index (χ3n) is 2.59. The predicted octanol–water partition coefficient (Wildman–Crippen LogP) is 0.712. The molecule has 4 nitrogen and oxygen atoms in total. The largest absolute Gasteiger partial charge is 0.316 e. The van der Waals surface area contributed by atoms with Crippen LogP contribution in [0.5, 0.6) is 0 Å². The molecule has 1 saturated heterocycles. The highest BCUT2D eigenvalue weighted by molar-refractivity contribution is 6.15. The van der Waals surface area contributed by atoms with Gasteiger partial charge in [-0.25, -0.2) is 0 Å². The van der Waals surface area contributed by atoms with Gasteiger partial charge >= 0.3 is 0 Å². The number of amides is 1. The van der Waals surface area contributed by atoms with E-state index in [1.807, 2.05) is 31.3 Å². The van der Waals surface area contributed by atoms with Gasteiger partial charge in [0.15, 0.2) is 5.78 Å². The molecule has 0 radical (unpaired) electrons. The summed E-state index contributed by atoms with van der Waals surface area (Å²) in [6, 6.07) is 7.68. The number of hydrogen-bond acceptors (Lipinski definition) is 3. The molecule has 0 spiro atoms. The molecule has 1 aromatic carbocycles. The zero-order valence-electron chi connectivity index (χ0n) is 9.19. The van der Waals surface area contributed by atoms with Crippen LogP contribution in [0.4, 0.5) is 5.69 Å². The number of carbonyl (C=O) groups is 2. The number of rotatable bonds is 3. The summed E-state index contributed by atoms with van der Waals surface area (Å²) in [6.45, 7) is 0.964. The summed E-state index contributed by atoms with van der Waals surface area (Å²) in [5.41, 5.74) is 1.91. The first-order chi connectivity index (χ1) is 7.70. The van der Waals surface area contributed by atoms with Crippen LogP contribution in [0.15, 0.2) is 24.3 Å². The highest BCUT2D eigenvalue weighted by Crippen LogP contribution is 2.20. The molecule has 1 heterocycles. The summed E-state index contributed by atoms with van der Waals surface area (Å²) in [5, 5.41) is 3.05. The Kier molecular flexibility index (Phi) is 3.01. The Balaban J connectivity index is 2.23. The maximum atomic E-state index is 11.5. The molecule has 16 heavy (non-hydrogen) atoms. The molecule has 84 valence electrons. The number of ketones is 1. The Morgan fingerprint density at radius 1 is 1.38 bits per heavy atom. The molecule has 0 bridgehead atoms. The van der Waals surface area contributed by atoms with Crippen LogP contribution >= 0.6 is 0 Å². The first-order valence-electron chi connectivity index (χ1n) is 5.26. The van der Waals surface area contributed by atoms with Crippen molar-refractivity contribution in [1.82, 2.24) is 5.32 Å². The van der Waals surface area contributed by atoms with Crippen molar-refractivity contribution in [3.8, 4) is 0 Å². The van der Waals surface area contributed by atoms with Gasteiger partial charge in [-0.1, -0.05) is 12.1 Å². The van der Waals surface area contributed by atoms with E-state index >= 15 is 0 Å².